The van der Waals surface area contributed by atoms with Gasteiger partial charge in [-0.15, -0.1) is 0 Å². The number of fused-ring (bicyclic) bond motifs is 1. The summed E-state index contributed by atoms with van der Waals surface area (Å²) in [5, 5.41) is 3.52. The zero-order chi connectivity index (χ0) is 12.5. The van der Waals surface area contributed by atoms with Crippen LogP contribution in [0.5, 0.6) is 0 Å². The first kappa shape index (κ1) is 11.5. The smallest absolute Gasteiger partial charge is 0.192 e. The van der Waals surface area contributed by atoms with Crippen molar-refractivity contribution in [2.24, 2.45) is 5.73 Å². The third-order valence-corrected chi connectivity index (χ3v) is 3.67. The Labute approximate surface area is 107 Å². The fourth-order valence-corrected chi connectivity index (χ4v) is 2.68. The number of hydrogen-bond donors (Lipinski definition) is 2. The third-order valence-electron chi connectivity index (χ3n) is 3.67. The van der Waals surface area contributed by atoms with Crippen molar-refractivity contribution in [3.05, 3.63) is 24.1 Å². The zero-order valence-corrected chi connectivity index (χ0v) is 10.6. The van der Waals surface area contributed by atoms with Gasteiger partial charge in [0.25, 0.3) is 0 Å². The fraction of sp³-hybridized carbons (Fsp3) is 0.500. The van der Waals surface area contributed by atoms with E-state index in [0.29, 0.717) is 11.9 Å². The van der Waals surface area contributed by atoms with E-state index in [0.717, 1.165) is 29.6 Å². The van der Waals surface area contributed by atoms with Crippen LogP contribution in [0.1, 0.15) is 31.6 Å². The van der Waals surface area contributed by atoms with Crippen LogP contribution in [0, 0.1) is 6.92 Å². The van der Waals surface area contributed by atoms with Crippen molar-refractivity contribution in [1.29, 1.82) is 0 Å². The molecule has 1 saturated carbocycles. The highest BCUT2D eigenvalue weighted by molar-refractivity contribution is 5.77. The van der Waals surface area contributed by atoms with E-state index in [4.69, 9.17) is 10.2 Å². The number of oxazole rings is 1. The predicted octanol–water partition coefficient (Wildman–Crippen LogP) is 2.82. The summed E-state index contributed by atoms with van der Waals surface area (Å²) >= 11 is 0. The van der Waals surface area contributed by atoms with Crippen LogP contribution in [0.25, 0.3) is 11.1 Å². The quantitative estimate of drug-likeness (QED) is 0.854. The molecule has 2 aromatic rings. The number of nitrogens with zero attached hydrogens (tertiary/aromatic N) is 1. The van der Waals surface area contributed by atoms with E-state index in [1.54, 1.807) is 0 Å². The largest absolute Gasteiger partial charge is 0.441 e. The maximum absolute atomic E-state index is 6.15. The van der Waals surface area contributed by atoms with Gasteiger partial charge in [-0.05, 0) is 25.0 Å². The van der Waals surface area contributed by atoms with Crippen LogP contribution in [0.2, 0.25) is 0 Å². The van der Waals surface area contributed by atoms with Gasteiger partial charge >= 0.3 is 0 Å². The van der Waals surface area contributed by atoms with Gasteiger partial charge in [0.1, 0.15) is 5.52 Å². The van der Waals surface area contributed by atoms with Crippen molar-refractivity contribution in [3.63, 3.8) is 0 Å². The number of nitrogens with one attached hydrogen (secondary N) is 1. The number of hydrogen-bond acceptors (Lipinski definition) is 4. The Morgan fingerprint density at radius 3 is 3.00 bits per heavy atom. The van der Waals surface area contributed by atoms with E-state index in [1.165, 1.54) is 12.8 Å². The molecule has 1 fully saturated rings. The van der Waals surface area contributed by atoms with Crippen LogP contribution in [0.4, 0.5) is 5.69 Å². The molecule has 1 heterocycles. The standard InChI is InChI=1S/C14H19N3O/c1-9-16-13-7-6-10(8-14(13)18-9)17-12-5-3-2-4-11(12)15/h6-8,11-12,17H,2-5,15H2,1H3. The van der Waals surface area contributed by atoms with Crippen LogP contribution in [-0.2, 0) is 0 Å². The molecule has 1 aliphatic carbocycles. The molecule has 3 rings (SSSR count). The number of aryl methyl sites for hydroxylation is 1. The molecule has 2 unspecified atom stereocenters. The SMILES string of the molecule is Cc1nc2ccc(NC3CCCCC3N)cc2o1. The lowest BCUT2D eigenvalue weighted by molar-refractivity contribution is 0.404. The van der Waals surface area contributed by atoms with Crippen molar-refractivity contribution >= 4 is 16.8 Å². The Bertz CT molecular complexity index is 549. The van der Waals surface area contributed by atoms with Gasteiger partial charge in [0, 0.05) is 30.8 Å². The highest BCUT2D eigenvalue weighted by Crippen LogP contribution is 2.24. The lowest BCUT2D eigenvalue weighted by atomic mass is 9.91. The first-order valence-corrected chi connectivity index (χ1v) is 6.62. The molecule has 1 aliphatic rings. The van der Waals surface area contributed by atoms with E-state index in [1.807, 2.05) is 25.1 Å². The number of anilines is 1. The first-order valence-electron chi connectivity index (χ1n) is 6.62. The molecule has 0 radical (unpaired) electrons. The van der Waals surface area contributed by atoms with Crippen molar-refractivity contribution in [3.8, 4) is 0 Å². The summed E-state index contributed by atoms with van der Waals surface area (Å²) in [5.74, 6) is 0.705. The van der Waals surface area contributed by atoms with Crippen LogP contribution < -0.4 is 11.1 Å². The molecular formula is C14H19N3O. The van der Waals surface area contributed by atoms with Gasteiger partial charge in [-0.2, -0.15) is 0 Å². The molecule has 18 heavy (non-hydrogen) atoms. The monoisotopic (exact) mass is 245 g/mol. The zero-order valence-electron chi connectivity index (χ0n) is 10.6. The van der Waals surface area contributed by atoms with Gasteiger partial charge in [0.05, 0.1) is 0 Å². The second kappa shape index (κ2) is 4.61. The summed E-state index contributed by atoms with van der Waals surface area (Å²) in [6.07, 6.45) is 4.77. The average Bonchev–Trinajstić information content (AvgIpc) is 2.71. The molecule has 1 aromatic carbocycles. The molecule has 1 aromatic heterocycles. The van der Waals surface area contributed by atoms with Crippen molar-refractivity contribution in [2.45, 2.75) is 44.7 Å². The molecule has 96 valence electrons. The van der Waals surface area contributed by atoms with Crippen LogP contribution >= 0.6 is 0 Å². The van der Waals surface area contributed by atoms with E-state index in [-0.39, 0.29) is 6.04 Å². The Morgan fingerprint density at radius 1 is 1.33 bits per heavy atom. The highest BCUT2D eigenvalue weighted by atomic mass is 16.3. The minimum Gasteiger partial charge on any atom is -0.441 e. The van der Waals surface area contributed by atoms with Crippen LogP contribution in [-0.4, -0.2) is 17.1 Å². The van der Waals surface area contributed by atoms with Crippen molar-refractivity contribution in [1.82, 2.24) is 4.98 Å². The normalized spacial score (nSPS) is 24.3. The molecule has 4 nitrogen and oxygen atoms in total. The summed E-state index contributed by atoms with van der Waals surface area (Å²) in [4.78, 5) is 4.30. The molecule has 4 heteroatoms. The predicted molar refractivity (Wildman–Crippen MR) is 72.6 cm³/mol. The maximum atomic E-state index is 6.15. The van der Waals surface area contributed by atoms with Gasteiger partial charge in [0.15, 0.2) is 11.5 Å². The summed E-state index contributed by atoms with van der Waals surface area (Å²) in [5.41, 5.74) is 8.96. The van der Waals surface area contributed by atoms with Crippen LogP contribution in [0.15, 0.2) is 22.6 Å². The Morgan fingerprint density at radius 2 is 2.17 bits per heavy atom. The minimum atomic E-state index is 0.255. The molecular weight excluding hydrogens is 226 g/mol. The summed E-state index contributed by atoms with van der Waals surface area (Å²) in [6, 6.07) is 6.68. The average molecular weight is 245 g/mol. The van der Waals surface area contributed by atoms with E-state index < -0.39 is 0 Å². The molecule has 0 aliphatic heterocycles. The number of nitrogens with two attached hydrogens (primary N) is 1. The lowest BCUT2D eigenvalue weighted by Gasteiger charge is -2.30. The highest BCUT2D eigenvalue weighted by Gasteiger charge is 2.21. The molecule has 0 spiro atoms. The molecule has 0 saturated heterocycles. The topological polar surface area (TPSA) is 64.1 Å². The Hall–Kier alpha value is -1.55. The van der Waals surface area contributed by atoms with Crippen molar-refractivity contribution in [2.75, 3.05) is 5.32 Å². The van der Waals surface area contributed by atoms with E-state index >= 15 is 0 Å². The van der Waals surface area contributed by atoms with Gasteiger partial charge in [-0.25, -0.2) is 4.98 Å². The summed E-state index contributed by atoms with van der Waals surface area (Å²) in [7, 11) is 0. The number of aromatic nitrogens is 1. The third kappa shape index (κ3) is 2.20. The van der Waals surface area contributed by atoms with Crippen LogP contribution in [0.3, 0.4) is 0 Å². The Kier molecular flexibility index (Phi) is 2.96. The Balaban J connectivity index is 1.81. The molecule has 2 atom stereocenters. The number of benzene rings is 1. The van der Waals surface area contributed by atoms with E-state index in [2.05, 4.69) is 10.3 Å². The lowest BCUT2D eigenvalue weighted by Crippen LogP contribution is -2.42. The molecule has 0 amide bonds. The molecule has 0 bridgehead atoms. The van der Waals surface area contributed by atoms with Gasteiger partial charge in [0.2, 0.25) is 0 Å². The minimum absolute atomic E-state index is 0.255. The second-order valence-electron chi connectivity index (χ2n) is 5.11. The molecule has 3 N–H and O–H groups in total. The van der Waals surface area contributed by atoms with Gasteiger partial charge in [-0.3, -0.25) is 0 Å². The van der Waals surface area contributed by atoms with Gasteiger partial charge in [-0.1, -0.05) is 12.8 Å². The van der Waals surface area contributed by atoms with Gasteiger partial charge < -0.3 is 15.5 Å². The second-order valence-corrected chi connectivity index (χ2v) is 5.11. The maximum Gasteiger partial charge on any atom is 0.192 e. The number of rotatable bonds is 2. The summed E-state index contributed by atoms with van der Waals surface area (Å²) in [6.45, 7) is 1.87. The first-order chi connectivity index (χ1) is 8.72. The summed E-state index contributed by atoms with van der Waals surface area (Å²) < 4.78 is 5.54. The fourth-order valence-electron chi connectivity index (χ4n) is 2.68. The van der Waals surface area contributed by atoms with E-state index in [9.17, 15) is 0 Å². The van der Waals surface area contributed by atoms with Crippen molar-refractivity contribution < 1.29 is 4.42 Å².